The number of rotatable bonds is 5. The zero-order valence-electron chi connectivity index (χ0n) is 15.3. The largest absolute Gasteiger partial charge is 0.444 e. The molecule has 2 heterocycles. The molecule has 0 bridgehead atoms. The molecule has 5 heteroatoms. The molecule has 0 N–H and O–H groups in total. The van der Waals surface area contributed by atoms with Gasteiger partial charge in [-0.25, -0.2) is 4.79 Å². The quantitative estimate of drug-likeness (QED) is 0.804. The molecule has 0 spiro atoms. The van der Waals surface area contributed by atoms with E-state index in [1.807, 2.05) is 50.8 Å². The summed E-state index contributed by atoms with van der Waals surface area (Å²) in [5.41, 5.74) is 0.480. The summed E-state index contributed by atoms with van der Waals surface area (Å²) in [5, 5.41) is 0. The van der Waals surface area contributed by atoms with Gasteiger partial charge in [-0.2, -0.15) is 0 Å². The Labute approximate surface area is 145 Å². The van der Waals surface area contributed by atoms with Gasteiger partial charge in [-0.3, -0.25) is 4.98 Å². The van der Waals surface area contributed by atoms with Gasteiger partial charge in [-0.05, 0) is 65.5 Å². The van der Waals surface area contributed by atoms with Gasteiger partial charge < -0.3 is 14.4 Å². The highest BCUT2D eigenvalue weighted by Gasteiger charge is 2.30. The normalized spacial score (nSPS) is 19.8. The molecule has 1 aromatic rings. The van der Waals surface area contributed by atoms with Crippen LogP contribution >= 0.6 is 0 Å². The number of nitrogens with zero attached hydrogens (tertiary/aromatic N) is 2. The highest BCUT2D eigenvalue weighted by atomic mass is 16.6. The zero-order valence-corrected chi connectivity index (χ0v) is 15.3. The number of hydrogen-bond acceptors (Lipinski definition) is 4. The van der Waals surface area contributed by atoms with Crippen LogP contribution in [0, 0.1) is 0 Å². The number of hydrogen-bond donors (Lipinski definition) is 0. The fourth-order valence-corrected chi connectivity index (χ4v) is 2.94. The van der Waals surface area contributed by atoms with E-state index in [1.165, 1.54) is 0 Å². The number of likely N-dealkylation sites (tertiary alicyclic amines) is 1. The Kier molecular flexibility index (Phi) is 6.60. The Bertz CT molecular complexity index is 513. The van der Waals surface area contributed by atoms with Crippen molar-refractivity contribution in [3.8, 4) is 0 Å². The predicted octanol–water partition coefficient (Wildman–Crippen LogP) is 4.34. The summed E-state index contributed by atoms with van der Waals surface area (Å²) in [6.07, 6.45) is 5.58. The number of aromatic nitrogens is 1. The molecule has 0 saturated carbocycles. The first-order valence-corrected chi connectivity index (χ1v) is 8.89. The minimum atomic E-state index is -0.455. The van der Waals surface area contributed by atoms with Crippen LogP contribution in [0.3, 0.4) is 0 Å². The van der Waals surface area contributed by atoms with Gasteiger partial charge in [0.05, 0.1) is 11.8 Å². The average Bonchev–Trinajstić information content (AvgIpc) is 2.54. The molecule has 2 rings (SSSR count). The summed E-state index contributed by atoms with van der Waals surface area (Å²) in [6, 6.07) is 6.03. The standard InChI is InChI=1S/C19H30N2O3/c1-15(17-10-5-7-12-20-17)23-14-11-16-9-6-8-13-21(16)18(22)24-19(2,3)4/h5,7,10,12,15-16H,6,8-9,11,13-14H2,1-4H3/t15-,16+/m0/s1. The van der Waals surface area contributed by atoms with Crippen molar-refractivity contribution >= 4 is 6.09 Å². The second kappa shape index (κ2) is 8.47. The summed E-state index contributed by atoms with van der Waals surface area (Å²) >= 11 is 0. The Balaban J connectivity index is 1.84. The number of pyridine rings is 1. The lowest BCUT2D eigenvalue weighted by atomic mass is 10.0. The van der Waals surface area contributed by atoms with Crippen LogP contribution in [0.1, 0.15) is 65.2 Å². The number of piperidine rings is 1. The third kappa shape index (κ3) is 5.78. The Morgan fingerprint density at radius 1 is 1.38 bits per heavy atom. The minimum Gasteiger partial charge on any atom is -0.444 e. The van der Waals surface area contributed by atoms with Gasteiger partial charge in [0.2, 0.25) is 0 Å². The van der Waals surface area contributed by atoms with Crippen molar-refractivity contribution in [3.63, 3.8) is 0 Å². The maximum atomic E-state index is 12.4. The third-order valence-corrected chi connectivity index (χ3v) is 4.18. The lowest BCUT2D eigenvalue weighted by molar-refractivity contribution is -0.000603. The topological polar surface area (TPSA) is 51.7 Å². The van der Waals surface area contributed by atoms with Gasteiger partial charge in [0.25, 0.3) is 0 Å². The molecule has 1 fully saturated rings. The van der Waals surface area contributed by atoms with Crippen LogP contribution in [-0.2, 0) is 9.47 Å². The second-order valence-corrected chi connectivity index (χ2v) is 7.38. The van der Waals surface area contributed by atoms with Crippen LogP contribution in [0.15, 0.2) is 24.4 Å². The van der Waals surface area contributed by atoms with Gasteiger partial charge in [0.1, 0.15) is 5.60 Å². The maximum absolute atomic E-state index is 12.4. The summed E-state index contributed by atoms with van der Waals surface area (Å²) in [5.74, 6) is 0. The molecule has 2 atom stereocenters. The fourth-order valence-electron chi connectivity index (χ4n) is 2.94. The molecule has 0 aliphatic carbocycles. The highest BCUT2D eigenvalue weighted by molar-refractivity contribution is 5.68. The number of carbonyl (C=O) groups is 1. The molecule has 0 unspecified atom stereocenters. The molecule has 1 saturated heterocycles. The number of ether oxygens (including phenoxy) is 2. The van der Waals surface area contributed by atoms with Crippen molar-refractivity contribution in [1.29, 1.82) is 0 Å². The van der Waals surface area contributed by atoms with Crippen LogP contribution in [0.2, 0.25) is 0 Å². The molecular formula is C19H30N2O3. The summed E-state index contributed by atoms with van der Waals surface area (Å²) in [4.78, 5) is 18.6. The maximum Gasteiger partial charge on any atom is 0.410 e. The first-order valence-electron chi connectivity index (χ1n) is 8.89. The molecule has 5 nitrogen and oxygen atoms in total. The fraction of sp³-hybridized carbons (Fsp3) is 0.684. The molecule has 24 heavy (non-hydrogen) atoms. The van der Waals surface area contributed by atoms with E-state index in [9.17, 15) is 4.79 Å². The first-order chi connectivity index (χ1) is 11.4. The predicted molar refractivity (Wildman–Crippen MR) is 93.8 cm³/mol. The van der Waals surface area contributed by atoms with Gasteiger partial charge >= 0.3 is 6.09 Å². The van der Waals surface area contributed by atoms with Crippen molar-refractivity contribution in [3.05, 3.63) is 30.1 Å². The smallest absolute Gasteiger partial charge is 0.410 e. The lowest BCUT2D eigenvalue weighted by Gasteiger charge is -2.37. The molecule has 1 amide bonds. The SMILES string of the molecule is C[C@H](OCC[C@H]1CCCCN1C(=O)OC(C)(C)C)c1ccccn1. The Hall–Kier alpha value is -1.62. The third-order valence-electron chi connectivity index (χ3n) is 4.18. The summed E-state index contributed by atoms with van der Waals surface area (Å²) < 4.78 is 11.5. The van der Waals surface area contributed by atoms with Crippen molar-refractivity contribution in [2.75, 3.05) is 13.2 Å². The van der Waals surface area contributed by atoms with Crippen LogP contribution in [0.5, 0.6) is 0 Å². The van der Waals surface area contributed by atoms with Crippen LogP contribution in [0.25, 0.3) is 0 Å². The van der Waals surface area contributed by atoms with Gasteiger partial charge in [-0.1, -0.05) is 6.07 Å². The molecule has 1 aliphatic heterocycles. The zero-order chi connectivity index (χ0) is 17.6. The van der Waals surface area contributed by atoms with Gasteiger partial charge in [0, 0.05) is 25.4 Å². The lowest BCUT2D eigenvalue weighted by Crippen LogP contribution is -2.46. The van der Waals surface area contributed by atoms with E-state index in [-0.39, 0.29) is 18.2 Å². The Morgan fingerprint density at radius 2 is 2.17 bits per heavy atom. The van der Waals surface area contributed by atoms with E-state index in [2.05, 4.69) is 4.98 Å². The van der Waals surface area contributed by atoms with E-state index in [0.29, 0.717) is 6.61 Å². The van der Waals surface area contributed by atoms with E-state index in [1.54, 1.807) is 6.20 Å². The molecule has 0 radical (unpaired) electrons. The first kappa shape index (κ1) is 18.7. The Morgan fingerprint density at radius 3 is 2.83 bits per heavy atom. The van der Waals surface area contributed by atoms with Crippen molar-refractivity contribution in [2.45, 2.75) is 71.1 Å². The molecule has 134 valence electrons. The average molecular weight is 334 g/mol. The van der Waals surface area contributed by atoms with Crippen molar-refractivity contribution < 1.29 is 14.3 Å². The van der Waals surface area contributed by atoms with Crippen molar-refractivity contribution in [1.82, 2.24) is 9.88 Å². The molecule has 1 aliphatic rings. The van der Waals surface area contributed by atoms with Crippen LogP contribution in [0.4, 0.5) is 4.79 Å². The second-order valence-electron chi connectivity index (χ2n) is 7.38. The molecule has 1 aromatic heterocycles. The van der Waals surface area contributed by atoms with E-state index >= 15 is 0 Å². The van der Waals surface area contributed by atoms with E-state index in [4.69, 9.17) is 9.47 Å². The summed E-state index contributed by atoms with van der Waals surface area (Å²) in [6.45, 7) is 9.11. The number of carbonyl (C=O) groups excluding carboxylic acids is 1. The summed E-state index contributed by atoms with van der Waals surface area (Å²) in [7, 11) is 0. The minimum absolute atomic E-state index is 0.0373. The van der Waals surface area contributed by atoms with Gasteiger partial charge in [0.15, 0.2) is 0 Å². The highest BCUT2D eigenvalue weighted by Crippen LogP contribution is 2.23. The number of amides is 1. The molecular weight excluding hydrogens is 304 g/mol. The van der Waals surface area contributed by atoms with E-state index in [0.717, 1.165) is 37.9 Å². The van der Waals surface area contributed by atoms with Gasteiger partial charge in [-0.15, -0.1) is 0 Å². The van der Waals surface area contributed by atoms with E-state index < -0.39 is 5.60 Å². The molecule has 0 aromatic carbocycles. The monoisotopic (exact) mass is 334 g/mol. The van der Waals surface area contributed by atoms with Crippen LogP contribution in [-0.4, -0.2) is 40.8 Å². The van der Waals surface area contributed by atoms with Crippen molar-refractivity contribution in [2.24, 2.45) is 0 Å². The van der Waals surface area contributed by atoms with Crippen LogP contribution < -0.4 is 0 Å².